The van der Waals surface area contributed by atoms with Gasteiger partial charge in [0.1, 0.15) is 0 Å². The minimum atomic E-state index is -0.0617. The molecule has 2 amide bonds. The second-order valence-electron chi connectivity index (χ2n) is 9.14. The molecule has 1 aromatic carbocycles. The Morgan fingerprint density at radius 1 is 1.17 bits per heavy atom. The molecule has 2 aromatic rings. The first kappa shape index (κ1) is 21.1. The van der Waals surface area contributed by atoms with Crippen molar-refractivity contribution in [2.24, 2.45) is 11.8 Å². The van der Waals surface area contributed by atoms with Crippen molar-refractivity contribution < 1.29 is 9.59 Å². The van der Waals surface area contributed by atoms with Crippen molar-refractivity contribution in [3.8, 4) is 0 Å². The Balaban J connectivity index is 1.61. The largest absolute Gasteiger partial charge is 0.333 e. The van der Waals surface area contributed by atoms with Crippen molar-refractivity contribution in [1.82, 2.24) is 9.80 Å². The minimum absolute atomic E-state index is 0.0617. The van der Waals surface area contributed by atoms with Gasteiger partial charge < -0.3 is 9.80 Å². The van der Waals surface area contributed by atoms with E-state index in [4.69, 9.17) is 0 Å². The Kier molecular flexibility index (Phi) is 6.28. The highest BCUT2D eigenvalue weighted by Crippen LogP contribution is 2.39. The van der Waals surface area contributed by atoms with Crippen LogP contribution >= 0.6 is 11.3 Å². The molecule has 0 bridgehead atoms. The molecule has 4 rings (SSSR count). The Morgan fingerprint density at radius 2 is 1.93 bits per heavy atom. The number of rotatable bonds is 6. The number of aryl methyl sites for hydroxylation is 1. The summed E-state index contributed by atoms with van der Waals surface area (Å²) in [6.45, 7) is 7.88. The predicted octanol–water partition coefficient (Wildman–Crippen LogP) is 4.82. The van der Waals surface area contributed by atoms with Gasteiger partial charge in [0.2, 0.25) is 11.8 Å². The summed E-state index contributed by atoms with van der Waals surface area (Å²) in [6.07, 6.45) is 3.95. The lowest BCUT2D eigenvalue weighted by molar-refractivity contribution is -0.146. The monoisotopic (exact) mass is 424 g/mol. The third kappa shape index (κ3) is 4.18. The van der Waals surface area contributed by atoms with Gasteiger partial charge in [0.25, 0.3) is 0 Å². The van der Waals surface area contributed by atoms with Gasteiger partial charge in [-0.15, -0.1) is 11.3 Å². The van der Waals surface area contributed by atoms with E-state index in [0.29, 0.717) is 19.0 Å². The Labute approximate surface area is 183 Å². The Hall–Kier alpha value is -2.14. The first-order valence-corrected chi connectivity index (χ1v) is 12.0. The van der Waals surface area contributed by atoms with E-state index in [2.05, 4.69) is 50.4 Å². The molecular weight excluding hydrogens is 392 g/mol. The number of carbonyl (C=O) groups excluding carboxylic acids is 2. The molecule has 1 unspecified atom stereocenters. The molecule has 1 fully saturated rings. The molecule has 1 aliphatic heterocycles. The minimum Gasteiger partial charge on any atom is -0.333 e. The van der Waals surface area contributed by atoms with Crippen LogP contribution in [-0.2, 0) is 16.0 Å². The van der Waals surface area contributed by atoms with Crippen LogP contribution in [0.5, 0.6) is 0 Å². The number of hydrogen-bond acceptors (Lipinski definition) is 3. The third-order valence-corrected chi connectivity index (χ3v) is 7.44. The van der Waals surface area contributed by atoms with E-state index in [1.54, 1.807) is 11.3 Å². The van der Waals surface area contributed by atoms with Crippen molar-refractivity contribution in [2.75, 3.05) is 19.6 Å². The van der Waals surface area contributed by atoms with Crippen molar-refractivity contribution in [2.45, 2.75) is 52.5 Å². The summed E-state index contributed by atoms with van der Waals surface area (Å²) in [5.74, 6) is 0.699. The van der Waals surface area contributed by atoms with E-state index in [9.17, 15) is 9.59 Å². The molecule has 1 atom stereocenters. The predicted molar refractivity (Wildman–Crippen MR) is 122 cm³/mol. The number of fused-ring (bicyclic) bond motifs is 1. The van der Waals surface area contributed by atoms with Crippen LogP contribution < -0.4 is 0 Å². The topological polar surface area (TPSA) is 40.6 Å². The fraction of sp³-hybridized carbons (Fsp3) is 0.520. The lowest BCUT2D eigenvalue weighted by Crippen LogP contribution is -2.49. The molecule has 30 heavy (non-hydrogen) atoms. The van der Waals surface area contributed by atoms with Gasteiger partial charge in [0, 0.05) is 23.9 Å². The highest BCUT2D eigenvalue weighted by Gasteiger charge is 2.36. The first-order valence-electron chi connectivity index (χ1n) is 11.2. The third-order valence-electron chi connectivity index (χ3n) is 6.45. The Bertz CT molecular complexity index is 915. The summed E-state index contributed by atoms with van der Waals surface area (Å²) in [5.41, 5.74) is 3.63. The van der Waals surface area contributed by atoms with Gasteiger partial charge >= 0.3 is 0 Å². The lowest BCUT2D eigenvalue weighted by atomic mass is 9.84. The number of nitrogens with zero attached hydrogens (tertiary/aromatic N) is 2. The van der Waals surface area contributed by atoms with Gasteiger partial charge in [0.05, 0.1) is 12.6 Å². The standard InChI is InChI=1S/C25H32N2O2S/c1-17(2)15-26(25(29)19-8-6-9-19)16-23(28)27-13-11-22-21(12-14-30-22)24(27)20-10-5-4-7-18(20)3/h4-5,7,10,12,14,17,19,24H,6,8-9,11,13,15-16H2,1-3H3. The van der Waals surface area contributed by atoms with E-state index in [-0.39, 0.29) is 30.3 Å². The summed E-state index contributed by atoms with van der Waals surface area (Å²) in [6, 6.07) is 10.5. The first-order chi connectivity index (χ1) is 14.5. The number of hydrogen-bond donors (Lipinski definition) is 0. The molecule has 1 aromatic heterocycles. The van der Waals surface area contributed by atoms with E-state index in [1.165, 1.54) is 21.6 Å². The molecule has 160 valence electrons. The van der Waals surface area contributed by atoms with E-state index in [1.807, 2.05) is 15.9 Å². The average Bonchev–Trinajstić information content (AvgIpc) is 3.14. The highest BCUT2D eigenvalue weighted by atomic mass is 32.1. The fourth-order valence-electron chi connectivity index (χ4n) is 4.65. The van der Waals surface area contributed by atoms with E-state index < -0.39 is 0 Å². The van der Waals surface area contributed by atoms with Crippen LogP contribution in [0, 0.1) is 18.8 Å². The molecule has 0 N–H and O–H groups in total. The quantitative estimate of drug-likeness (QED) is 0.667. The van der Waals surface area contributed by atoms with Crippen LogP contribution in [0.25, 0.3) is 0 Å². The summed E-state index contributed by atoms with van der Waals surface area (Å²) >= 11 is 1.78. The van der Waals surface area contributed by atoms with Gasteiger partial charge in [0.15, 0.2) is 0 Å². The molecular formula is C25H32N2O2S. The van der Waals surface area contributed by atoms with Crippen LogP contribution in [0.1, 0.15) is 60.7 Å². The molecule has 1 saturated carbocycles. The molecule has 5 heteroatoms. The summed E-state index contributed by atoms with van der Waals surface area (Å²) < 4.78 is 0. The van der Waals surface area contributed by atoms with Crippen molar-refractivity contribution in [3.63, 3.8) is 0 Å². The number of amides is 2. The molecule has 2 aliphatic rings. The van der Waals surface area contributed by atoms with Gasteiger partial charge in [-0.25, -0.2) is 0 Å². The molecule has 0 spiro atoms. The van der Waals surface area contributed by atoms with Gasteiger partial charge in [-0.2, -0.15) is 0 Å². The van der Waals surface area contributed by atoms with Crippen LogP contribution in [0.15, 0.2) is 35.7 Å². The van der Waals surface area contributed by atoms with Gasteiger partial charge in [-0.3, -0.25) is 9.59 Å². The van der Waals surface area contributed by atoms with Crippen LogP contribution in [0.3, 0.4) is 0 Å². The zero-order valence-electron chi connectivity index (χ0n) is 18.3. The van der Waals surface area contributed by atoms with Crippen LogP contribution in [-0.4, -0.2) is 41.2 Å². The van der Waals surface area contributed by atoms with Gasteiger partial charge in [-0.05, 0) is 60.2 Å². The fourth-order valence-corrected chi connectivity index (χ4v) is 5.56. The van der Waals surface area contributed by atoms with Crippen molar-refractivity contribution in [1.29, 1.82) is 0 Å². The Morgan fingerprint density at radius 3 is 2.60 bits per heavy atom. The summed E-state index contributed by atoms with van der Waals surface area (Å²) in [5, 5.41) is 2.13. The summed E-state index contributed by atoms with van der Waals surface area (Å²) in [7, 11) is 0. The zero-order valence-corrected chi connectivity index (χ0v) is 19.1. The number of thiophene rings is 1. The van der Waals surface area contributed by atoms with Crippen LogP contribution in [0.4, 0.5) is 0 Å². The van der Waals surface area contributed by atoms with Crippen molar-refractivity contribution in [3.05, 3.63) is 57.3 Å². The maximum Gasteiger partial charge on any atom is 0.242 e. The molecule has 1 aliphatic carbocycles. The number of carbonyl (C=O) groups is 2. The molecule has 0 radical (unpaired) electrons. The average molecular weight is 425 g/mol. The zero-order chi connectivity index (χ0) is 21.3. The second-order valence-corrected chi connectivity index (χ2v) is 10.1. The maximum atomic E-state index is 13.6. The SMILES string of the molecule is Cc1ccccc1C1c2ccsc2CCN1C(=O)CN(CC(C)C)C(=O)C1CCC1. The van der Waals surface area contributed by atoms with Crippen LogP contribution in [0.2, 0.25) is 0 Å². The molecule has 2 heterocycles. The van der Waals surface area contributed by atoms with E-state index >= 15 is 0 Å². The smallest absolute Gasteiger partial charge is 0.242 e. The lowest BCUT2D eigenvalue weighted by Gasteiger charge is -2.39. The number of benzene rings is 1. The molecule has 0 saturated heterocycles. The van der Waals surface area contributed by atoms with E-state index in [0.717, 1.165) is 25.7 Å². The second kappa shape index (κ2) is 8.93. The molecule has 4 nitrogen and oxygen atoms in total. The highest BCUT2D eigenvalue weighted by molar-refractivity contribution is 7.10. The normalized spacial score (nSPS) is 18.8. The van der Waals surface area contributed by atoms with Gasteiger partial charge in [-0.1, -0.05) is 44.5 Å². The maximum absolute atomic E-state index is 13.6. The van der Waals surface area contributed by atoms with Crippen molar-refractivity contribution >= 4 is 23.2 Å². The summed E-state index contributed by atoms with van der Waals surface area (Å²) in [4.78, 5) is 31.8.